The van der Waals surface area contributed by atoms with Crippen LogP contribution >= 0.6 is 0 Å². The Morgan fingerprint density at radius 2 is 2.31 bits per heavy atom. The maximum atomic E-state index is 5.63. The first-order valence-electron chi connectivity index (χ1n) is 5.01. The average Bonchev–Trinajstić information content (AvgIpc) is 2.75. The fourth-order valence-corrected chi connectivity index (χ4v) is 1.60. The summed E-state index contributed by atoms with van der Waals surface area (Å²) in [6.45, 7) is 2.02. The van der Waals surface area contributed by atoms with Gasteiger partial charge in [-0.2, -0.15) is 5.10 Å². The monoisotopic (exact) mass is 218 g/mol. The molecule has 0 spiro atoms. The van der Waals surface area contributed by atoms with E-state index in [-0.39, 0.29) is 6.04 Å². The van der Waals surface area contributed by atoms with Crippen LogP contribution in [-0.2, 0) is 0 Å². The molecule has 1 unspecified atom stereocenters. The van der Waals surface area contributed by atoms with Gasteiger partial charge in [0.15, 0.2) is 0 Å². The van der Waals surface area contributed by atoms with Gasteiger partial charge in [0, 0.05) is 18.0 Å². The molecule has 2 aromatic rings. The third kappa shape index (κ3) is 1.84. The quantitative estimate of drug-likeness (QED) is 0.847. The molecule has 0 aliphatic heterocycles. The Balaban J connectivity index is 2.36. The van der Waals surface area contributed by atoms with Gasteiger partial charge in [-0.15, -0.1) is 0 Å². The second kappa shape index (κ2) is 4.22. The van der Waals surface area contributed by atoms with Crippen molar-refractivity contribution in [3.05, 3.63) is 36.3 Å². The van der Waals surface area contributed by atoms with E-state index in [0.717, 1.165) is 5.56 Å². The highest BCUT2D eigenvalue weighted by Gasteiger charge is 2.14. The molecule has 0 aromatic carbocycles. The summed E-state index contributed by atoms with van der Waals surface area (Å²) in [7, 11) is 1.61. The van der Waals surface area contributed by atoms with Gasteiger partial charge in [-0.1, -0.05) is 0 Å². The van der Waals surface area contributed by atoms with Crippen molar-refractivity contribution in [3.8, 4) is 5.88 Å². The van der Waals surface area contributed by atoms with E-state index in [9.17, 15) is 0 Å². The van der Waals surface area contributed by atoms with Gasteiger partial charge in [-0.05, 0) is 19.1 Å². The van der Waals surface area contributed by atoms with E-state index in [4.69, 9.17) is 10.5 Å². The van der Waals surface area contributed by atoms with E-state index in [2.05, 4.69) is 10.1 Å². The van der Waals surface area contributed by atoms with Crippen molar-refractivity contribution >= 4 is 5.69 Å². The standard InChI is InChI=1S/C11H14N4O/c1-8(15-7-9(12)6-14-15)10-4-3-5-13-11(10)16-2/h3-8H,12H2,1-2H3. The van der Waals surface area contributed by atoms with E-state index >= 15 is 0 Å². The highest BCUT2D eigenvalue weighted by atomic mass is 16.5. The molecule has 16 heavy (non-hydrogen) atoms. The van der Waals surface area contributed by atoms with Crippen LogP contribution in [0.2, 0.25) is 0 Å². The number of pyridine rings is 1. The molecule has 0 aliphatic rings. The number of ether oxygens (including phenoxy) is 1. The predicted octanol–water partition coefficient (Wildman–Crippen LogP) is 1.48. The minimum Gasteiger partial charge on any atom is -0.481 e. The van der Waals surface area contributed by atoms with Gasteiger partial charge >= 0.3 is 0 Å². The Morgan fingerprint density at radius 3 is 2.94 bits per heavy atom. The maximum absolute atomic E-state index is 5.63. The van der Waals surface area contributed by atoms with E-state index in [1.807, 2.05) is 19.1 Å². The Labute approximate surface area is 93.9 Å². The van der Waals surface area contributed by atoms with Crippen molar-refractivity contribution in [2.75, 3.05) is 12.8 Å². The summed E-state index contributed by atoms with van der Waals surface area (Å²) in [4.78, 5) is 4.16. The number of nitrogens with two attached hydrogens (primary N) is 1. The first kappa shape index (κ1) is 10.5. The highest BCUT2D eigenvalue weighted by molar-refractivity contribution is 5.33. The van der Waals surface area contributed by atoms with Gasteiger partial charge in [-0.3, -0.25) is 4.68 Å². The van der Waals surface area contributed by atoms with Gasteiger partial charge < -0.3 is 10.5 Å². The van der Waals surface area contributed by atoms with Crippen molar-refractivity contribution in [1.82, 2.24) is 14.8 Å². The molecule has 0 radical (unpaired) electrons. The van der Waals surface area contributed by atoms with Gasteiger partial charge in [0.25, 0.3) is 0 Å². The predicted molar refractivity (Wildman–Crippen MR) is 61.2 cm³/mol. The Morgan fingerprint density at radius 1 is 1.50 bits per heavy atom. The minimum absolute atomic E-state index is 0.0425. The molecule has 2 aromatic heterocycles. The lowest BCUT2D eigenvalue weighted by molar-refractivity contribution is 0.384. The summed E-state index contributed by atoms with van der Waals surface area (Å²) in [6, 6.07) is 3.89. The number of hydrogen-bond donors (Lipinski definition) is 1. The number of methoxy groups -OCH3 is 1. The summed E-state index contributed by atoms with van der Waals surface area (Å²) in [5.41, 5.74) is 7.26. The molecule has 2 heterocycles. The van der Waals surface area contributed by atoms with Crippen LogP contribution in [0.15, 0.2) is 30.7 Å². The zero-order valence-corrected chi connectivity index (χ0v) is 9.29. The van der Waals surface area contributed by atoms with Gasteiger partial charge in [0.05, 0.1) is 25.0 Å². The van der Waals surface area contributed by atoms with Crippen LogP contribution in [0.4, 0.5) is 5.69 Å². The Bertz CT molecular complexity index is 480. The van der Waals surface area contributed by atoms with E-state index in [1.165, 1.54) is 0 Å². The van der Waals surface area contributed by atoms with Gasteiger partial charge in [0.1, 0.15) is 0 Å². The van der Waals surface area contributed by atoms with Crippen LogP contribution in [0.3, 0.4) is 0 Å². The Kier molecular flexibility index (Phi) is 2.76. The normalized spacial score (nSPS) is 12.4. The largest absolute Gasteiger partial charge is 0.481 e. The molecule has 0 saturated carbocycles. The fraction of sp³-hybridized carbons (Fsp3) is 0.273. The molecule has 0 fully saturated rings. The molecule has 0 bridgehead atoms. The number of aromatic nitrogens is 3. The lowest BCUT2D eigenvalue weighted by atomic mass is 10.1. The van der Waals surface area contributed by atoms with Crippen molar-refractivity contribution in [2.45, 2.75) is 13.0 Å². The smallest absolute Gasteiger partial charge is 0.218 e. The summed E-state index contributed by atoms with van der Waals surface area (Å²) in [6.07, 6.45) is 5.11. The molecule has 5 nitrogen and oxygen atoms in total. The molecular weight excluding hydrogens is 204 g/mol. The summed E-state index contributed by atoms with van der Waals surface area (Å²) in [5, 5.41) is 4.18. The topological polar surface area (TPSA) is 66.0 Å². The zero-order valence-electron chi connectivity index (χ0n) is 9.29. The second-order valence-corrected chi connectivity index (χ2v) is 3.53. The summed E-state index contributed by atoms with van der Waals surface area (Å²) in [5.74, 6) is 0.615. The maximum Gasteiger partial charge on any atom is 0.218 e. The third-order valence-electron chi connectivity index (χ3n) is 2.46. The number of nitrogen functional groups attached to an aromatic ring is 1. The molecular formula is C11H14N4O. The minimum atomic E-state index is 0.0425. The first-order valence-corrected chi connectivity index (χ1v) is 5.01. The number of rotatable bonds is 3. The van der Waals surface area contributed by atoms with Crippen LogP contribution in [-0.4, -0.2) is 21.9 Å². The van der Waals surface area contributed by atoms with Crippen LogP contribution in [0.25, 0.3) is 0 Å². The SMILES string of the molecule is COc1ncccc1C(C)n1cc(N)cn1. The lowest BCUT2D eigenvalue weighted by Gasteiger charge is -2.14. The molecule has 0 amide bonds. The van der Waals surface area contributed by atoms with Crippen molar-refractivity contribution in [1.29, 1.82) is 0 Å². The highest BCUT2D eigenvalue weighted by Crippen LogP contribution is 2.25. The van der Waals surface area contributed by atoms with Crippen LogP contribution in [0.5, 0.6) is 5.88 Å². The average molecular weight is 218 g/mol. The molecule has 1 atom stereocenters. The molecule has 2 rings (SSSR count). The van der Waals surface area contributed by atoms with Crippen molar-refractivity contribution in [3.63, 3.8) is 0 Å². The summed E-state index contributed by atoms with van der Waals surface area (Å²) >= 11 is 0. The van der Waals surface area contributed by atoms with Gasteiger partial charge in [-0.25, -0.2) is 4.98 Å². The number of hydrogen-bond acceptors (Lipinski definition) is 4. The van der Waals surface area contributed by atoms with E-state index in [0.29, 0.717) is 11.6 Å². The lowest BCUT2D eigenvalue weighted by Crippen LogP contribution is -2.09. The van der Waals surface area contributed by atoms with Crippen molar-refractivity contribution < 1.29 is 4.74 Å². The first-order chi connectivity index (χ1) is 7.72. The van der Waals surface area contributed by atoms with Crippen molar-refractivity contribution in [2.24, 2.45) is 0 Å². The van der Waals surface area contributed by atoms with Crippen LogP contribution in [0.1, 0.15) is 18.5 Å². The molecule has 0 aliphatic carbocycles. The zero-order chi connectivity index (χ0) is 11.5. The molecule has 5 heteroatoms. The Hall–Kier alpha value is -2.04. The van der Waals surface area contributed by atoms with E-state index in [1.54, 1.807) is 30.4 Å². The fourth-order valence-electron chi connectivity index (χ4n) is 1.60. The summed E-state index contributed by atoms with van der Waals surface area (Å²) < 4.78 is 7.00. The van der Waals surface area contributed by atoms with Crippen LogP contribution < -0.4 is 10.5 Å². The second-order valence-electron chi connectivity index (χ2n) is 3.53. The molecule has 84 valence electrons. The number of nitrogens with zero attached hydrogens (tertiary/aromatic N) is 3. The van der Waals surface area contributed by atoms with Crippen LogP contribution in [0, 0.1) is 0 Å². The third-order valence-corrected chi connectivity index (χ3v) is 2.46. The van der Waals surface area contributed by atoms with Gasteiger partial charge in [0.2, 0.25) is 5.88 Å². The molecule has 0 saturated heterocycles. The van der Waals surface area contributed by atoms with E-state index < -0.39 is 0 Å². The number of anilines is 1. The molecule has 2 N–H and O–H groups in total.